The van der Waals surface area contributed by atoms with Gasteiger partial charge in [0.2, 0.25) is 0 Å². The van der Waals surface area contributed by atoms with Crippen LogP contribution in [0.5, 0.6) is 0 Å². The lowest BCUT2D eigenvalue weighted by atomic mass is 10.9. The first kappa shape index (κ1) is 16.8. The molecular weight excluding hydrogens is 80.0 g/mol. The summed E-state index contributed by atoms with van der Waals surface area (Å²) in [5.74, 6) is 0. The Labute approximate surface area is 39.4 Å². The second kappa shape index (κ2) is 89.3. The molecule has 2 N–H and O–H groups in total. The predicted octanol–water partition coefficient (Wildman–Crippen LogP) is 0.243. The second-order valence-electron chi connectivity index (χ2n) is 0.316. The predicted molar refractivity (Wildman–Crippen MR) is 27.6 cm³/mol. The van der Waals surface area contributed by atoms with Crippen molar-refractivity contribution in [1.82, 2.24) is 0 Å². The van der Waals surface area contributed by atoms with Crippen LogP contribution < -0.4 is 0 Å². The van der Waals surface area contributed by atoms with E-state index in [2.05, 4.69) is 0 Å². The van der Waals surface area contributed by atoms with Crippen LogP contribution in [0.15, 0.2) is 0 Å². The molecule has 0 bridgehead atoms. The van der Waals surface area contributed by atoms with Gasteiger partial charge >= 0.3 is 0 Å². The third-order valence-corrected chi connectivity index (χ3v) is 0. The van der Waals surface area contributed by atoms with E-state index in [9.17, 15) is 0 Å². The van der Waals surface area contributed by atoms with Crippen molar-refractivity contribution >= 4 is 0 Å². The van der Waals surface area contributed by atoms with E-state index in [-0.39, 0.29) is 14.0 Å². The van der Waals surface area contributed by atoms with Crippen LogP contribution in [0.2, 0.25) is 0 Å². The highest BCUT2D eigenvalue weighted by molar-refractivity contribution is 3.84. The number of aliphatic hydroxyl groups is 2. The van der Waals surface area contributed by atoms with Crippen LogP contribution in [0.4, 0.5) is 0 Å². The summed E-state index contributed by atoms with van der Waals surface area (Å²) in [6, 6.07) is 0. The zero-order valence-electron chi connectivity index (χ0n) is 3.60. The minimum atomic E-state index is 0. The molecule has 0 aromatic carbocycles. The molecule has 0 fully saturated rings. The van der Waals surface area contributed by atoms with Gasteiger partial charge in [0, 0.05) is 13.7 Å². The van der Waals surface area contributed by atoms with Crippen molar-refractivity contribution in [2.24, 2.45) is 0 Å². The van der Waals surface area contributed by atoms with Crippen molar-refractivity contribution < 1.29 is 10.2 Å². The zero-order valence-corrected chi connectivity index (χ0v) is 3.60. The SMILES string of the molecule is C.CCO.CO. The molecule has 2 heteroatoms. The Balaban J connectivity index is -0.0000000275. The van der Waals surface area contributed by atoms with E-state index in [1.165, 1.54) is 0 Å². The van der Waals surface area contributed by atoms with Gasteiger partial charge in [-0.05, 0) is 6.92 Å². The quantitative estimate of drug-likeness (QED) is 0.451. The van der Waals surface area contributed by atoms with Crippen LogP contribution in [-0.2, 0) is 0 Å². The van der Waals surface area contributed by atoms with E-state index in [1.807, 2.05) is 0 Å². The smallest absolute Gasteiger partial charge is 0.0402 e. The number of hydrogen-bond acceptors (Lipinski definition) is 2. The molecule has 6 heavy (non-hydrogen) atoms. The van der Waals surface area contributed by atoms with Crippen molar-refractivity contribution in [3.63, 3.8) is 0 Å². The van der Waals surface area contributed by atoms with Gasteiger partial charge in [-0.2, -0.15) is 0 Å². The summed E-state index contributed by atoms with van der Waals surface area (Å²) >= 11 is 0. The van der Waals surface area contributed by atoms with Crippen LogP contribution in [0.25, 0.3) is 0 Å². The topological polar surface area (TPSA) is 40.5 Å². The highest BCUT2D eigenvalue weighted by Crippen LogP contribution is 1.30. The summed E-state index contributed by atoms with van der Waals surface area (Å²) in [6.45, 7) is 1.93. The lowest BCUT2D eigenvalue weighted by Gasteiger charge is -1.52. The molecule has 0 heterocycles. The van der Waals surface area contributed by atoms with Crippen LogP contribution in [0, 0.1) is 0 Å². The molecule has 0 radical (unpaired) electrons. The van der Waals surface area contributed by atoms with Crippen LogP contribution in [0.1, 0.15) is 14.4 Å². The van der Waals surface area contributed by atoms with Crippen molar-refractivity contribution in [2.75, 3.05) is 13.7 Å². The molecule has 0 aromatic rings. The average Bonchev–Trinajstić information content (AvgIpc) is 1.46. The Morgan fingerprint density at radius 3 is 1.33 bits per heavy atom. The van der Waals surface area contributed by atoms with E-state index in [4.69, 9.17) is 10.2 Å². The molecule has 0 saturated heterocycles. The van der Waals surface area contributed by atoms with E-state index >= 15 is 0 Å². The van der Waals surface area contributed by atoms with Gasteiger partial charge < -0.3 is 10.2 Å². The van der Waals surface area contributed by atoms with Gasteiger partial charge in [0.15, 0.2) is 0 Å². The van der Waals surface area contributed by atoms with Crippen LogP contribution in [0.3, 0.4) is 0 Å². The summed E-state index contributed by atoms with van der Waals surface area (Å²) in [5.41, 5.74) is 0. The first-order valence-corrected chi connectivity index (χ1v) is 1.47. The number of hydrogen-bond donors (Lipinski definition) is 2. The fraction of sp³-hybridized carbons (Fsp3) is 1.00. The Kier molecular flexibility index (Phi) is 250. The fourth-order valence-corrected chi connectivity index (χ4v) is 0. The van der Waals surface area contributed by atoms with E-state index in [0.29, 0.717) is 0 Å². The van der Waals surface area contributed by atoms with Gasteiger partial charge in [-0.1, -0.05) is 7.43 Å². The van der Waals surface area contributed by atoms with E-state index in [1.54, 1.807) is 6.92 Å². The Morgan fingerprint density at radius 1 is 1.33 bits per heavy atom. The van der Waals surface area contributed by atoms with Crippen molar-refractivity contribution in [3.05, 3.63) is 0 Å². The normalized spacial score (nSPS) is 4.00. The van der Waals surface area contributed by atoms with Gasteiger partial charge in [-0.25, -0.2) is 0 Å². The highest BCUT2D eigenvalue weighted by Gasteiger charge is 1.34. The maximum atomic E-state index is 7.57. The maximum absolute atomic E-state index is 7.57. The van der Waals surface area contributed by atoms with Gasteiger partial charge in [0.25, 0.3) is 0 Å². The minimum Gasteiger partial charge on any atom is -0.400 e. The molecule has 0 aliphatic rings. The monoisotopic (exact) mass is 94.1 g/mol. The Bertz CT molecular complexity index is 5.51. The lowest BCUT2D eigenvalue weighted by molar-refractivity contribution is 0.318. The molecule has 0 rings (SSSR count). The van der Waals surface area contributed by atoms with E-state index in [0.717, 1.165) is 7.11 Å². The Hall–Kier alpha value is -0.0800. The molecule has 0 aromatic heterocycles. The molecule has 0 aliphatic carbocycles. The van der Waals surface area contributed by atoms with Gasteiger partial charge in [0.1, 0.15) is 0 Å². The zero-order chi connectivity index (χ0) is 4.71. The molecule has 0 saturated carbocycles. The standard InChI is InChI=1S/C2H6O.CH4O.CH4/c1-2-3;1-2;/h3H,2H2,1H3;2H,1H3;1H4. The highest BCUT2D eigenvalue weighted by atomic mass is 16.2. The van der Waals surface area contributed by atoms with Crippen molar-refractivity contribution in [2.45, 2.75) is 14.4 Å². The largest absolute Gasteiger partial charge is 0.400 e. The fourth-order valence-electron chi connectivity index (χ4n) is 0. The molecular formula is C4H14O2. The molecule has 0 amide bonds. The van der Waals surface area contributed by atoms with Gasteiger partial charge in [-0.15, -0.1) is 0 Å². The van der Waals surface area contributed by atoms with Crippen LogP contribution >= 0.6 is 0 Å². The van der Waals surface area contributed by atoms with Gasteiger partial charge in [0.05, 0.1) is 0 Å². The van der Waals surface area contributed by atoms with Crippen molar-refractivity contribution in [1.29, 1.82) is 0 Å². The molecule has 0 atom stereocenters. The number of rotatable bonds is 0. The van der Waals surface area contributed by atoms with Gasteiger partial charge in [-0.3, -0.25) is 0 Å². The first-order chi connectivity index (χ1) is 2.41. The summed E-state index contributed by atoms with van der Waals surface area (Å²) < 4.78 is 0. The molecule has 0 unspecified atom stereocenters. The number of aliphatic hydroxyl groups excluding tert-OH is 2. The summed E-state index contributed by atoms with van der Waals surface area (Å²) in [4.78, 5) is 0. The maximum Gasteiger partial charge on any atom is 0.0402 e. The third-order valence-electron chi connectivity index (χ3n) is 0. The molecule has 0 aliphatic heterocycles. The van der Waals surface area contributed by atoms with Crippen molar-refractivity contribution in [3.8, 4) is 0 Å². The molecule has 2 nitrogen and oxygen atoms in total. The first-order valence-electron chi connectivity index (χ1n) is 1.47. The second-order valence-corrected chi connectivity index (χ2v) is 0.316. The average molecular weight is 94.2 g/mol. The van der Waals surface area contributed by atoms with E-state index < -0.39 is 0 Å². The molecule has 0 spiro atoms. The minimum absolute atomic E-state index is 0. The third kappa shape index (κ3) is 5220. The molecule has 42 valence electrons. The Morgan fingerprint density at radius 2 is 1.33 bits per heavy atom. The summed E-state index contributed by atoms with van der Waals surface area (Å²) in [6.07, 6.45) is 0. The van der Waals surface area contributed by atoms with Crippen LogP contribution in [-0.4, -0.2) is 23.9 Å². The summed E-state index contributed by atoms with van der Waals surface area (Å²) in [5, 5.41) is 14.6. The summed E-state index contributed by atoms with van der Waals surface area (Å²) in [7, 11) is 1.00. The lowest BCUT2D eigenvalue weighted by Crippen LogP contribution is -1.57.